The first-order valence-corrected chi connectivity index (χ1v) is 6.89. The summed E-state index contributed by atoms with van der Waals surface area (Å²) >= 11 is 0. The predicted molar refractivity (Wildman–Crippen MR) is 76.9 cm³/mol. The number of carbonyl (C=O) groups excluding carboxylic acids is 1. The van der Waals surface area contributed by atoms with E-state index in [1.165, 1.54) is 12.1 Å². The van der Waals surface area contributed by atoms with E-state index in [-0.39, 0.29) is 30.9 Å². The van der Waals surface area contributed by atoms with Crippen molar-refractivity contribution in [1.29, 1.82) is 0 Å². The van der Waals surface area contributed by atoms with Crippen LogP contribution in [0.3, 0.4) is 0 Å². The number of amides is 1. The molecule has 0 aliphatic heterocycles. The minimum atomic E-state index is -0.255. The Labute approximate surface area is 119 Å². The lowest BCUT2D eigenvalue weighted by Gasteiger charge is -2.24. The van der Waals surface area contributed by atoms with Gasteiger partial charge in [-0.05, 0) is 38.0 Å². The van der Waals surface area contributed by atoms with Crippen molar-refractivity contribution >= 4 is 5.91 Å². The number of hydrogen-bond donors (Lipinski definition) is 2. The van der Waals surface area contributed by atoms with Gasteiger partial charge < -0.3 is 10.4 Å². The number of hydrogen-bond acceptors (Lipinski definition) is 3. The fourth-order valence-corrected chi connectivity index (χ4v) is 1.89. The maximum Gasteiger partial charge on any atom is 0.234 e. The van der Waals surface area contributed by atoms with Crippen molar-refractivity contribution < 1.29 is 14.3 Å². The second-order valence-electron chi connectivity index (χ2n) is 5.01. The van der Waals surface area contributed by atoms with Crippen molar-refractivity contribution in [2.24, 2.45) is 0 Å². The summed E-state index contributed by atoms with van der Waals surface area (Å²) in [5.41, 5.74) is 0.989. The van der Waals surface area contributed by atoms with E-state index in [1.807, 2.05) is 18.7 Å². The number of carbonyl (C=O) groups is 1. The molecule has 0 saturated carbocycles. The molecule has 1 rings (SSSR count). The van der Waals surface area contributed by atoms with Gasteiger partial charge in [0, 0.05) is 19.1 Å². The zero-order valence-electron chi connectivity index (χ0n) is 12.1. The summed E-state index contributed by atoms with van der Waals surface area (Å²) in [4.78, 5) is 13.7. The largest absolute Gasteiger partial charge is 0.395 e. The molecule has 0 bridgehead atoms. The summed E-state index contributed by atoms with van der Waals surface area (Å²) in [5, 5.41) is 11.8. The zero-order chi connectivity index (χ0) is 15.0. The number of aliphatic hydroxyl groups is 1. The van der Waals surface area contributed by atoms with Gasteiger partial charge in [-0.3, -0.25) is 9.69 Å². The molecule has 0 fully saturated rings. The quantitative estimate of drug-likeness (QED) is 0.753. The highest BCUT2D eigenvalue weighted by molar-refractivity contribution is 5.78. The van der Waals surface area contributed by atoms with Gasteiger partial charge in [-0.2, -0.15) is 0 Å². The van der Waals surface area contributed by atoms with E-state index in [1.54, 1.807) is 12.1 Å². The Balaban J connectivity index is 2.30. The number of nitrogens with zero attached hydrogens (tertiary/aromatic N) is 1. The average Bonchev–Trinajstić information content (AvgIpc) is 2.40. The lowest BCUT2D eigenvalue weighted by Crippen LogP contribution is -2.42. The van der Waals surface area contributed by atoms with Crippen LogP contribution in [0.4, 0.5) is 4.39 Å². The minimum Gasteiger partial charge on any atom is -0.395 e. The molecule has 1 amide bonds. The molecule has 20 heavy (non-hydrogen) atoms. The summed E-state index contributed by atoms with van der Waals surface area (Å²) in [6.07, 6.45) is 0.674. The summed E-state index contributed by atoms with van der Waals surface area (Å²) < 4.78 is 12.7. The van der Waals surface area contributed by atoms with Crippen LogP contribution in [-0.2, 0) is 11.2 Å². The van der Waals surface area contributed by atoms with Crippen molar-refractivity contribution in [2.75, 3.05) is 26.2 Å². The maximum absolute atomic E-state index is 12.7. The van der Waals surface area contributed by atoms with Crippen LogP contribution in [0.1, 0.15) is 19.4 Å². The third-order valence-corrected chi connectivity index (χ3v) is 3.11. The molecule has 0 radical (unpaired) electrons. The van der Waals surface area contributed by atoms with Crippen molar-refractivity contribution in [3.05, 3.63) is 35.6 Å². The highest BCUT2D eigenvalue weighted by Crippen LogP contribution is 2.03. The van der Waals surface area contributed by atoms with E-state index in [0.29, 0.717) is 19.5 Å². The summed E-state index contributed by atoms with van der Waals surface area (Å²) in [6.45, 7) is 5.31. The van der Waals surface area contributed by atoms with E-state index in [4.69, 9.17) is 5.11 Å². The smallest absolute Gasteiger partial charge is 0.234 e. The summed E-state index contributed by atoms with van der Waals surface area (Å²) in [7, 11) is 0. The van der Waals surface area contributed by atoms with E-state index >= 15 is 0 Å². The average molecular weight is 282 g/mol. The van der Waals surface area contributed by atoms with Crippen molar-refractivity contribution in [1.82, 2.24) is 10.2 Å². The van der Waals surface area contributed by atoms with Crippen LogP contribution >= 0.6 is 0 Å². The van der Waals surface area contributed by atoms with Crippen LogP contribution in [0.25, 0.3) is 0 Å². The molecule has 0 saturated heterocycles. The predicted octanol–water partition coefficient (Wildman–Crippen LogP) is 1.19. The van der Waals surface area contributed by atoms with Gasteiger partial charge in [0.1, 0.15) is 5.82 Å². The van der Waals surface area contributed by atoms with E-state index in [9.17, 15) is 9.18 Å². The lowest BCUT2D eigenvalue weighted by atomic mass is 10.1. The first-order valence-electron chi connectivity index (χ1n) is 6.89. The molecular formula is C15H23FN2O2. The topological polar surface area (TPSA) is 52.6 Å². The molecular weight excluding hydrogens is 259 g/mol. The fourth-order valence-electron chi connectivity index (χ4n) is 1.89. The van der Waals surface area contributed by atoms with Gasteiger partial charge in [-0.25, -0.2) is 4.39 Å². The van der Waals surface area contributed by atoms with E-state index in [2.05, 4.69) is 5.32 Å². The Hall–Kier alpha value is -1.46. The maximum atomic E-state index is 12.7. The monoisotopic (exact) mass is 282 g/mol. The highest BCUT2D eigenvalue weighted by Gasteiger charge is 2.12. The van der Waals surface area contributed by atoms with Gasteiger partial charge in [0.25, 0.3) is 0 Å². The number of rotatable bonds is 8. The molecule has 0 spiro atoms. The van der Waals surface area contributed by atoms with Crippen molar-refractivity contribution in [2.45, 2.75) is 26.3 Å². The zero-order valence-corrected chi connectivity index (χ0v) is 12.1. The highest BCUT2D eigenvalue weighted by atomic mass is 19.1. The second kappa shape index (κ2) is 8.66. The molecule has 0 heterocycles. The van der Waals surface area contributed by atoms with Crippen LogP contribution in [0.5, 0.6) is 0 Å². The number of benzene rings is 1. The molecule has 0 unspecified atom stereocenters. The Kier molecular flexibility index (Phi) is 7.18. The van der Waals surface area contributed by atoms with Crippen LogP contribution in [0.15, 0.2) is 24.3 Å². The molecule has 1 aromatic rings. The Bertz CT molecular complexity index is 407. The second-order valence-corrected chi connectivity index (χ2v) is 5.01. The standard InChI is InChI=1S/C15H23FN2O2/c1-12(2)18(9-10-19)11-15(20)17-8-7-13-3-5-14(16)6-4-13/h3-6,12,19H,7-11H2,1-2H3,(H,17,20). The van der Waals surface area contributed by atoms with Crippen molar-refractivity contribution in [3.63, 3.8) is 0 Å². The Morgan fingerprint density at radius 1 is 1.35 bits per heavy atom. The molecule has 0 atom stereocenters. The number of aliphatic hydroxyl groups excluding tert-OH is 1. The third kappa shape index (κ3) is 6.12. The summed E-state index contributed by atoms with van der Waals surface area (Å²) in [6, 6.07) is 6.48. The van der Waals surface area contributed by atoms with Gasteiger partial charge in [-0.1, -0.05) is 12.1 Å². The van der Waals surface area contributed by atoms with Crippen molar-refractivity contribution in [3.8, 4) is 0 Å². The molecule has 0 aromatic heterocycles. The molecule has 5 heteroatoms. The van der Waals surface area contributed by atoms with Crippen LogP contribution in [-0.4, -0.2) is 48.2 Å². The van der Waals surface area contributed by atoms with E-state index < -0.39 is 0 Å². The van der Waals surface area contributed by atoms with Gasteiger partial charge in [-0.15, -0.1) is 0 Å². The normalized spacial score (nSPS) is 11.1. The van der Waals surface area contributed by atoms with Crippen LogP contribution in [0.2, 0.25) is 0 Å². The molecule has 1 aromatic carbocycles. The van der Waals surface area contributed by atoms with Gasteiger partial charge in [0.05, 0.1) is 13.2 Å². The SMILES string of the molecule is CC(C)N(CCO)CC(=O)NCCc1ccc(F)cc1. The van der Waals surface area contributed by atoms with Crippen LogP contribution < -0.4 is 5.32 Å². The number of nitrogens with one attached hydrogen (secondary N) is 1. The van der Waals surface area contributed by atoms with Gasteiger partial charge in [0.15, 0.2) is 0 Å². The fraction of sp³-hybridized carbons (Fsp3) is 0.533. The third-order valence-electron chi connectivity index (χ3n) is 3.11. The Morgan fingerprint density at radius 2 is 2.00 bits per heavy atom. The number of halogens is 1. The molecule has 4 nitrogen and oxygen atoms in total. The molecule has 0 aliphatic carbocycles. The van der Waals surface area contributed by atoms with Gasteiger partial charge in [0.2, 0.25) is 5.91 Å². The minimum absolute atomic E-state index is 0.0427. The molecule has 0 aliphatic rings. The molecule has 2 N–H and O–H groups in total. The lowest BCUT2D eigenvalue weighted by molar-refractivity contribution is -0.122. The first-order chi connectivity index (χ1) is 9.52. The first kappa shape index (κ1) is 16.6. The summed E-state index contributed by atoms with van der Waals surface area (Å²) in [5.74, 6) is -0.316. The van der Waals surface area contributed by atoms with Gasteiger partial charge >= 0.3 is 0 Å². The van der Waals surface area contributed by atoms with Crippen LogP contribution in [0, 0.1) is 5.82 Å². The van der Waals surface area contributed by atoms with E-state index in [0.717, 1.165) is 5.56 Å². The Morgan fingerprint density at radius 3 is 2.55 bits per heavy atom. The molecule has 112 valence electrons.